The molecule has 8 nitrogen and oxygen atoms in total. The van der Waals surface area contributed by atoms with Crippen molar-refractivity contribution in [2.24, 2.45) is 0 Å². The van der Waals surface area contributed by atoms with Crippen LogP contribution in [0.2, 0.25) is 10.0 Å². The molecule has 11 heteroatoms. The molecule has 41 heavy (non-hydrogen) atoms. The lowest BCUT2D eigenvalue weighted by molar-refractivity contribution is 0.380. The molecule has 6 rings (SSSR count). The van der Waals surface area contributed by atoms with Gasteiger partial charge in [0.2, 0.25) is 0 Å². The van der Waals surface area contributed by atoms with Crippen molar-refractivity contribution < 1.29 is 8.91 Å². The van der Waals surface area contributed by atoms with Crippen LogP contribution in [0.25, 0.3) is 22.6 Å². The van der Waals surface area contributed by atoms with E-state index in [1.165, 1.54) is 15.4 Å². The van der Waals surface area contributed by atoms with Gasteiger partial charge in [-0.05, 0) is 74.5 Å². The number of hydrogen-bond donors (Lipinski definition) is 2. The Labute approximate surface area is 242 Å². The summed E-state index contributed by atoms with van der Waals surface area (Å²) in [7, 11) is 0. The van der Waals surface area contributed by atoms with E-state index in [2.05, 4.69) is 15.4 Å². The fourth-order valence-electron chi connectivity index (χ4n) is 4.99. The number of halogens is 3. The van der Waals surface area contributed by atoms with Crippen LogP contribution in [0.5, 0.6) is 0 Å². The van der Waals surface area contributed by atoms with Crippen molar-refractivity contribution in [2.75, 3.05) is 0 Å². The van der Waals surface area contributed by atoms with Crippen molar-refractivity contribution in [1.29, 1.82) is 0 Å². The minimum absolute atomic E-state index is 0.202. The first-order valence-corrected chi connectivity index (χ1v) is 13.3. The maximum atomic E-state index is 14.6. The Morgan fingerprint density at radius 3 is 1.76 bits per heavy atom. The average Bonchev–Trinajstić information content (AvgIpc) is 3.63. The van der Waals surface area contributed by atoms with Gasteiger partial charge in [0.15, 0.2) is 0 Å². The van der Waals surface area contributed by atoms with Gasteiger partial charge in [-0.15, -0.1) is 0 Å². The number of rotatable bonds is 6. The molecule has 3 heterocycles. The van der Waals surface area contributed by atoms with E-state index in [0.29, 0.717) is 32.8 Å². The summed E-state index contributed by atoms with van der Waals surface area (Å²) in [6.07, 6.45) is 0. The van der Waals surface area contributed by atoms with Gasteiger partial charge in [0.1, 0.15) is 17.3 Å². The van der Waals surface area contributed by atoms with Gasteiger partial charge in [0.05, 0.1) is 28.4 Å². The predicted octanol–water partition coefficient (Wildman–Crippen LogP) is 6.54. The quantitative estimate of drug-likeness (QED) is 0.230. The number of aromatic amines is 2. The molecule has 0 atom stereocenters. The lowest BCUT2D eigenvalue weighted by Crippen LogP contribution is -2.25. The zero-order chi connectivity index (χ0) is 28.8. The van der Waals surface area contributed by atoms with Gasteiger partial charge in [-0.2, -0.15) is 0 Å². The van der Waals surface area contributed by atoms with Gasteiger partial charge in [0, 0.05) is 33.1 Å². The molecule has 206 valence electrons. The normalized spacial score (nSPS) is 11.5. The Morgan fingerprint density at radius 2 is 1.27 bits per heavy atom. The van der Waals surface area contributed by atoms with Crippen LogP contribution in [-0.2, 0) is 0 Å². The molecule has 0 amide bonds. The molecule has 6 aromatic rings. The first-order chi connectivity index (χ1) is 19.7. The first kappa shape index (κ1) is 26.6. The highest BCUT2D eigenvalue weighted by molar-refractivity contribution is 6.30. The maximum Gasteiger partial charge on any atom is 0.275 e. The van der Waals surface area contributed by atoms with E-state index in [-0.39, 0.29) is 28.1 Å². The summed E-state index contributed by atoms with van der Waals surface area (Å²) in [5.74, 6) is -1.25. The number of hydrogen-bond acceptors (Lipinski definition) is 4. The van der Waals surface area contributed by atoms with Crippen molar-refractivity contribution in [3.63, 3.8) is 0 Å². The highest BCUT2D eigenvalue weighted by Gasteiger charge is 2.34. The summed E-state index contributed by atoms with van der Waals surface area (Å²) < 4.78 is 23.1. The minimum atomic E-state index is -0.974. The van der Waals surface area contributed by atoms with E-state index < -0.39 is 22.9 Å². The van der Waals surface area contributed by atoms with Crippen LogP contribution < -0.4 is 11.1 Å². The van der Waals surface area contributed by atoms with Crippen LogP contribution in [-0.4, -0.2) is 24.7 Å². The monoisotopic (exact) mass is 589 g/mol. The Balaban J connectivity index is 1.58. The number of benzene rings is 3. The van der Waals surface area contributed by atoms with Crippen LogP contribution >= 0.6 is 23.2 Å². The molecule has 0 aliphatic heterocycles. The lowest BCUT2D eigenvalue weighted by atomic mass is 9.89. The van der Waals surface area contributed by atoms with Gasteiger partial charge in [0.25, 0.3) is 11.1 Å². The fourth-order valence-corrected chi connectivity index (χ4v) is 5.25. The zero-order valence-electron chi connectivity index (χ0n) is 21.8. The third kappa shape index (κ3) is 4.73. The second-order valence-corrected chi connectivity index (χ2v) is 10.4. The standard InChI is InChI=1S/C30H22Cl2FN5O3/c1-16-26(29(39)37(34-16)20-11-7-18(31)8-12-20)28(25-15-24(36-41-25)22-5-3-4-6-23(22)33)27-17(2)35-38(30(27)40)21-13-9-19(32)10-14-21/h3-15,28,34-35H,1-2H3. The first-order valence-electron chi connectivity index (χ1n) is 12.6. The number of nitrogens with one attached hydrogen (secondary N) is 2. The molecule has 3 aromatic carbocycles. The number of aryl methyl sites for hydroxylation is 2. The zero-order valence-corrected chi connectivity index (χ0v) is 23.3. The Kier molecular flexibility index (Phi) is 6.76. The maximum absolute atomic E-state index is 14.6. The third-order valence-electron chi connectivity index (χ3n) is 6.94. The van der Waals surface area contributed by atoms with Crippen LogP contribution in [0, 0.1) is 19.7 Å². The number of nitrogens with zero attached hydrogens (tertiary/aromatic N) is 3. The molecule has 0 fully saturated rings. The molecule has 0 aliphatic rings. The Hall–Kier alpha value is -4.60. The number of H-pyrrole nitrogens is 2. The van der Waals surface area contributed by atoms with E-state index in [4.69, 9.17) is 27.7 Å². The van der Waals surface area contributed by atoms with Crippen LogP contribution in [0.15, 0.2) is 93.0 Å². The molecule has 0 radical (unpaired) electrons. The van der Waals surface area contributed by atoms with Crippen molar-refractivity contribution in [2.45, 2.75) is 19.8 Å². The van der Waals surface area contributed by atoms with Crippen molar-refractivity contribution in [3.8, 4) is 22.6 Å². The topological polar surface area (TPSA) is 102 Å². The summed E-state index contributed by atoms with van der Waals surface area (Å²) in [5.41, 5.74) is 2.37. The molecule has 3 aromatic heterocycles. The second kappa shape index (κ2) is 10.4. The summed E-state index contributed by atoms with van der Waals surface area (Å²) in [6, 6.07) is 21.2. The highest BCUT2D eigenvalue weighted by Crippen LogP contribution is 2.35. The van der Waals surface area contributed by atoms with Gasteiger partial charge in [-0.3, -0.25) is 19.8 Å². The highest BCUT2D eigenvalue weighted by atomic mass is 35.5. The number of aromatic nitrogens is 5. The van der Waals surface area contributed by atoms with Crippen molar-refractivity contribution in [1.82, 2.24) is 24.7 Å². The second-order valence-electron chi connectivity index (χ2n) is 9.56. The van der Waals surface area contributed by atoms with Crippen LogP contribution in [0.1, 0.15) is 34.2 Å². The minimum Gasteiger partial charge on any atom is -0.360 e. The van der Waals surface area contributed by atoms with Crippen molar-refractivity contribution in [3.05, 3.63) is 144 Å². The van der Waals surface area contributed by atoms with Gasteiger partial charge >= 0.3 is 0 Å². The smallest absolute Gasteiger partial charge is 0.275 e. The summed E-state index contributed by atoms with van der Waals surface area (Å²) >= 11 is 12.1. The fraction of sp³-hybridized carbons (Fsp3) is 0.100. The summed E-state index contributed by atoms with van der Waals surface area (Å²) in [6.45, 7) is 3.48. The summed E-state index contributed by atoms with van der Waals surface area (Å²) in [5, 5.41) is 11.4. The van der Waals surface area contributed by atoms with Crippen LogP contribution in [0.4, 0.5) is 4.39 Å². The van der Waals surface area contributed by atoms with Gasteiger partial charge in [-0.1, -0.05) is 40.5 Å². The van der Waals surface area contributed by atoms with E-state index >= 15 is 0 Å². The van der Waals surface area contributed by atoms with E-state index in [9.17, 15) is 14.0 Å². The summed E-state index contributed by atoms with van der Waals surface area (Å²) in [4.78, 5) is 27.9. The molecule has 0 saturated carbocycles. The largest absolute Gasteiger partial charge is 0.360 e. The lowest BCUT2D eigenvalue weighted by Gasteiger charge is -2.11. The molecule has 0 spiro atoms. The molecule has 0 unspecified atom stereocenters. The molecule has 0 bridgehead atoms. The van der Waals surface area contributed by atoms with Gasteiger partial charge < -0.3 is 4.52 Å². The van der Waals surface area contributed by atoms with E-state index in [1.54, 1.807) is 86.6 Å². The van der Waals surface area contributed by atoms with Gasteiger partial charge in [-0.25, -0.2) is 13.8 Å². The molecule has 0 aliphatic carbocycles. The van der Waals surface area contributed by atoms with Crippen LogP contribution in [0.3, 0.4) is 0 Å². The predicted molar refractivity (Wildman–Crippen MR) is 155 cm³/mol. The van der Waals surface area contributed by atoms with E-state index in [1.807, 2.05) is 0 Å². The Morgan fingerprint density at radius 1 is 0.780 bits per heavy atom. The molecule has 0 saturated heterocycles. The molecular weight excluding hydrogens is 568 g/mol. The third-order valence-corrected chi connectivity index (χ3v) is 7.45. The molecular formula is C30H22Cl2FN5O3. The molecule has 2 N–H and O–H groups in total. The average molecular weight is 590 g/mol. The Bertz CT molecular complexity index is 1900. The van der Waals surface area contributed by atoms with E-state index in [0.717, 1.165) is 0 Å². The van der Waals surface area contributed by atoms with Crippen molar-refractivity contribution >= 4 is 23.2 Å². The SMILES string of the molecule is Cc1[nH]n(-c2ccc(Cl)cc2)c(=O)c1C(c1cc(-c2ccccc2F)no1)c1c(C)[nH]n(-c2ccc(Cl)cc2)c1=O.